The lowest BCUT2D eigenvalue weighted by Crippen LogP contribution is -2.55. The summed E-state index contributed by atoms with van der Waals surface area (Å²) < 4.78 is 31.7. The van der Waals surface area contributed by atoms with Gasteiger partial charge in [0.25, 0.3) is 0 Å². The number of halogens is 3. The van der Waals surface area contributed by atoms with Crippen LogP contribution in [0.15, 0.2) is 4.99 Å². The molecule has 22 heteroatoms. The number of nitrogens with one attached hydrogen (secondary N) is 4. The van der Waals surface area contributed by atoms with Crippen LogP contribution in [0.5, 0.6) is 0 Å². The molecule has 0 aliphatic carbocycles. The number of nitrogens with zero attached hydrogens (tertiary/aromatic N) is 1. The SMILES string of the molecule is NCC(=O)N[C@@H](CCCN=C(N)N)C(=O)NCC(=O)N[C@@H](CCC(=O)O)C(=O)N[C@@H](CO)C(=O)O.O=C(O)C(F)(F)F. The molecule has 19 nitrogen and oxygen atoms in total. The third-order valence-corrected chi connectivity index (χ3v) is 4.54. The summed E-state index contributed by atoms with van der Waals surface area (Å²) in [6, 6.07) is -4.20. The summed E-state index contributed by atoms with van der Waals surface area (Å²) in [4.78, 5) is 83.1. The van der Waals surface area contributed by atoms with E-state index in [4.69, 9.17) is 42.4 Å². The van der Waals surface area contributed by atoms with Gasteiger partial charge in [0.05, 0.1) is 19.7 Å². The van der Waals surface area contributed by atoms with E-state index in [1.807, 2.05) is 5.32 Å². The Bertz CT molecular complexity index is 991. The number of carboxylic acid groups (broad SMARTS) is 3. The van der Waals surface area contributed by atoms with Crippen LogP contribution >= 0.6 is 0 Å². The van der Waals surface area contributed by atoms with E-state index in [1.54, 1.807) is 0 Å². The smallest absolute Gasteiger partial charge is 0.481 e. The van der Waals surface area contributed by atoms with Crippen molar-refractivity contribution in [2.75, 3.05) is 26.2 Å². The van der Waals surface area contributed by atoms with Gasteiger partial charge in [0.15, 0.2) is 5.96 Å². The minimum atomic E-state index is -5.08. The van der Waals surface area contributed by atoms with Gasteiger partial charge in [-0.15, -0.1) is 0 Å². The lowest BCUT2D eigenvalue weighted by Gasteiger charge is -2.21. The number of aliphatic carboxylic acids is 3. The molecule has 0 aromatic heterocycles. The van der Waals surface area contributed by atoms with Crippen molar-refractivity contribution in [2.45, 2.75) is 50.0 Å². The zero-order chi connectivity index (χ0) is 33.0. The number of rotatable bonds is 17. The third-order valence-electron chi connectivity index (χ3n) is 4.54. The highest BCUT2D eigenvalue weighted by atomic mass is 19.4. The number of hydrogen-bond acceptors (Lipinski definition) is 10. The summed E-state index contributed by atoms with van der Waals surface area (Å²) in [6.45, 7) is -1.79. The summed E-state index contributed by atoms with van der Waals surface area (Å²) >= 11 is 0. The van der Waals surface area contributed by atoms with Gasteiger partial charge in [-0.2, -0.15) is 13.2 Å². The van der Waals surface area contributed by atoms with Crippen LogP contribution in [0.4, 0.5) is 13.2 Å². The number of carbonyl (C=O) groups is 7. The standard InChI is InChI=1S/C18H32N8O9.C2HF3O2/c19-6-12(28)24-9(2-1-5-22-18(20)21)15(32)23-7-13(29)25-10(3-4-14(30)31)16(33)26-11(8-27)17(34)35;3-2(4,5)1(6)7/h9-11,27H,1-8,19H2,(H,23,32)(H,24,28)(H,25,29)(H,26,33)(H,30,31)(H,34,35)(H4,20,21,22);(H,6,7)/t9-,10-,11-;/m0./s1. The topological polar surface area (TPSA) is 339 Å². The fraction of sp³-hybridized carbons (Fsp3) is 0.600. The number of aliphatic hydroxyl groups excluding tert-OH is 1. The fourth-order valence-electron chi connectivity index (χ4n) is 2.56. The number of hydrogen-bond donors (Lipinski definition) is 11. The van der Waals surface area contributed by atoms with Crippen LogP contribution in [-0.2, 0) is 33.6 Å². The average molecular weight is 619 g/mol. The van der Waals surface area contributed by atoms with Crippen molar-refractivity contribution in [3.63, 3.8) is 0 Å². The first-order chi connectivity index (χ1) is 19.3. The number of alkyl halides is 3. The van der Waals surface area contributed by atoms with E-state index in [9.17, 15) is 41.9 Å². The van der Waals surface area contributed by atoms with E-state index >= 15 is 0 Å². The first-order valence-corrected chi connectivity index (χ1v) is 11.6. The van der Waals surface area contributed by atoms with Gasteiger partial charge in [-0.25, -0.2) is 9.59 Å². The number of aliphatic hydroxyl groups is 1. The van der Waals surface area contributed by atoms with Crippen molar-refractivity contribution < 1.29 is 67.2 Å². The Balaban J connectivity index is 0. The van der Waals surface area contributed by atoms with E-state index in [0.29, 0.717) is 6.42 Å². The lowest BCUT2D eigenvalue weighted by molar-refractivity contribution is -0.192. The molecule has 4 amide bonds. The number of amides is 4. The molecule has 0 heterocycles. The maximum absolute atomic E-state index is 12.4. The Kier molecular flexibility index (Phi) is 18.9. The minimum Gasteiger partial charge on any atom is -0.481 e. The van der Waals surface area contributed by atoms with E-state index in [0.717, 1.165) is 0 Å². The largest absolute Gasteiger partial charge is 0.490 e. The van der Waals surface area contributed by atoms with E-state index in [2.05, 4.69) is 20.9 Å². The lowest BCUT2D eigenvalue weighted by atomic mass is 10.1. The van der Waals surface area contributed by atoms with Gasteiger partial charge in [0.1, 0.15) is 18.1 Å². The van der Waals surface area contributed by atoms with Crippen molar-refractivity contribution in [3.8, 4) is 0 Å². The molecule has 240 valence electrons. The minimum absolute atomic E-state index is 0.108. The van der Waals surface area contributed by atoms with Gasteiger partial charge >= 0.3 is 24.1 Å². The van der Waals surface area contributed by atoms with Crippen molar-refractivity contribution >= 4 is 47.5 Å². The van der Waals surface area contributed by atoms with E-state index in [-0.39, 0.29) is 25.5 Å². The molecule has 0 rings (SSSR count). The van der Waals surface area contributed by atoms with E-state index in [1.165, 1.54) is 0 Å². The van der Waals surface area contributed by atoms with E-state index < -0.39 is 91.8 Å². The second-order valence-corrected chi connectivity index (χ2v) is 7.93. The molecule has 0 bridgehead atoms. The molecule has 0 radical (unpaired) electrons. The van der Waals surface area contributed by atoms with Crippen LogP contribution in [0, 0.1) is 0 Å². The van der Waals surface area contributed by atoms with Gasteiger partial charge in [-0.05, 0) is 19.3 Å². The second kappa shape index (κ2) is 20.2. The zero-order valence-electron chi connectivity index (χ0n) is 21.8. The maximum atomic E-state index is 12.4. The van der Waals surface area contributed by atoms with Crippen LogP contribution in [0.1, 0.15) is 25.7 Å². The quantitative estimate of drug-likeness (QED) is 0.0414. The first-order valence-electron chi connectivity index (χ1n) is 11.6. The van der Waals surface area contributed by atoms with Gasteiger partial charge in [0, 0.05) is 13.0 Å². The summed E-state index contributed by atoms with van der Waals surface area (Å²) in [5.74, 6) is -9.04. The van der Waals surface area contributed by atoms with Crippen LogP contribution in [0.2, 0.25) is 0 Å². The predicted octanol–water partition coefficient (Wildman–Crippen LogP) is -4.86. The highest BCUT2D eigenvalue weighted by molar-refractivity contribution is 5.93. The molecule has 0 spiro atoms. The second-order valence-electron chi connectivity index (χ2n) is 7.93. The number of guanidine groups is 1. The van der Waals surface area contributed by atoms with Crippen molar-refractivity contribution in [1.82, 2.24) is 21.3 Å². The van der Waals surface area contributed by atoms with Crippen LogP contribution < -0.4 is 38.5 Å². The molecule has 0 unspecified atom stereocenters. The Hall–Kier alpha value is -4.73. The predicted molar refractivity (Wildman–Crippen MR) is 133 cm³/mol. The molecule has 0 fully saturated rings. The zero-order valence-corrected chi connectivity index (χ0v) is 21.8. The molecule has 0 aliphatic heterocycles. The first kappa shape index (κ1) is 39.4. The number of carboxylic acids is 3. The number of aliphatic imine (C=N–C) groups is 1. The molecule has 42 heavy (non-hydrogen) atoms. The molecule has 3 atom stereocenters. The molecule has 14 N–H and O–H groups in total. The van der Waals surface area contributed by atoms with Crippen molar-refractivity contribution in [1.29, 1.82) is 0 Å². The Labute approximate surface area is 235 Å². The monoisotopic (exact) mass is 618 g/mol. The van der Waals surface area contributed by atoms with Gasteiger partial charge in [-0.3, -0.25) is 29.0 Å². The summed E-state index contributed by atoms with van der Waals surface area (Å²) in [5, 5.41) is 42.7. The molecule has 0 aliphatic rings. The van der Waals surface area contributed by atoms with Crippen LogP contribution in [0.25, 0.3) is 0 Å². The normalized spacial score (nSPS) is 12.6. The van der Waals surface area contributed by atoms with Crippen LogP contribution in [-0.4, -0.2) is 118 Å². The molecule has 0 saturated carbocycles. The van der Waals surface area contributed by atoms with Gasteiger partial charge < -0.3 is 58.9 Å². The Morgan fingerprint density at radius 2 is 1.33 bits per heavy atom. The van der Waals surface area contributed by atoms with Crippen molar-refractivity contribution in [3.05, 3.63) is 0 Å². The molecule has 0 saturated heterocycles. The molecular formula is C20H33F3N8O11. The molecule has 0 aromatic carbocycles. The third kappa shape index (κ3) is 19.3. The van der Waals surface area contributed by atoms with Gasteiger partial charge in [0.2, 0.25) is 23.6 Å². The van der Waals surface area contributed by atoms with Crippen LogP contribution in [0.3, 0.4) is 0 Å². The number of carbonyl (C=O) groups excluding carboxylic acids is 4. The van der Waals surface area contributed by atoms with Gasteiger partial charge in [-0.1, -0.05) is 0 Å². The maximum Gasteiger partial charge on any atom is 0.490 e. The summed E-state index contributed by atoms with van der Waals surface area (Å²) in [6.07, 6.45) is -5.60. The number of nitrogens with two attached hydrogens (primary N) is 3. The Morgan fingerprint density at radius 3 is 1.76 bits per heavy atom. The highest BCUT2D eigenvalue weighted by Crippen LogP contribution is 2.13. The molecule has 0 aromatic rings. The molecular weight excluding hydrogens is 585 g/mol. The summed E-state index contributed by atoms with van der Waals surface area (Å²) in [5.41, 5.74) is 15.7. The average Bonchev–Trinajstić information content (AvgIpc) is 2.88. The highest BCUT2D eigenvalue weighted by Gasteiger charge is 2.38. The Morgan fingerprint density at radius 1 is 0.810 bits per heavy atom. The summed E-state index contributed by atoms with van der Waals surface area (Å²) in [7, 11) is 0. The van der Waals surface area contributed by atoms with Crippen molar-refractivity contribution in [2.24, 2.45) is 22.2 Å². The fourth-order valence-corrected chi connectivity index (χ4v) is 2.56.